The van der Waals surface area contributed by atoms with Gasteiger partial charge in [0.2, 0.25) is 0 Å². The van der Waals surface area contributed by atoms with E-state index in [-0.39, 0.29) is 5.41 Å². The molecule has 0 aromatic carbocycles. The fourth-order valence-corrected chi connectivity index (χ4v) is 2.86. The largest absolute Gasteiger partial charge is 0.350 e. The fourth-order valence-electron chi connectivity index (χ4n) is 2.86. The second kappa shape index (κ2) is 3.08. The van der Waals surface area contributed by atoms with Crippen LogP contribution in [0.4, 0.5) is 4.79 Å². The lowest BCUT2D eigenvalue weighted by Gasteiger charge is -2.56. The molecule has 0 aromatic rings. The van der Waals surface area contributed by atoms with E-state index < -0.39 is 6.03 Å². The smallest absolute Gasteiger partial charge is 0.332 e. The number of urea groups is 1. The topological polar surface area (TPSA) is 67.5 Å². The molecule has 4 heteroatoms. The standard InChI is InChI=1S/C11H17N3O/c1-6-4-9(13-14-10(12)15)8-5-7(6)11(8,2)3/h4,7-8H,5H2,1-3H3,(H3,12,14,15)/b13-9-/t7-,8+/m0/s1. The van der Waals surface area contributed by atoms with Crippen molar-refractivity contribution in [2.75, 3.05) is 0 Å². The second-order valence-corrected chi connectivity index (χ2v) is 5.06. The van der Waals surface area contributed by atoms with Crippen molar-refractivity contribution in [1.29, 1.82) is 0 Å². The zero-order chi connectivity index (χ0) is 11.2. The van der Waals surface area contributed by atoms with Gasteiger partial charge in [-0.1, -0.05) is 19.4 Å². The first-order valence-electron chi connectivity index (χ1n) is 5.24. The maximum absolute atomic E-state index is 10.6. The van der Waals surface area contributed by atoms with Crippen molar-refractivity contribution >= 4 is 11.7 Å². The molecule has 0 unspecified atom stereocenters. The normalized spacial score (nSPS) is 34.3. The van der Waals surface area contributed by atoms with Gasteiger partial charge in [0.05, 0.1) is 5.71 Å². The van der Waals surface area contributed by atoms with Gasteiger partial charge in [0.15, 0.2) is 0 Å². The summed E-state index contributed by atoms with van der Waals surface area (Å²) in [6, 6.07) is -0.604. The van der Waals surface area contributed by atoms with Crippen molar-refractivity contribution in [3.8, 4) is 0 Å². The fraction of sp³-hybridized carbons (Fsp3) is 0.636. The SMILES string of the molecule is CC1=C/C(=N/NC(N)=O)[C@H]2C[C@@H]1C2(C)C. The van der Waals surface area contributed by atoms with Crippen LogP contribution in [0.2, 0.25) is 0 Å². The van der Waals surface area contributed by atoms with Gasteiger partial charge in [0, 0.05) is 5.92 Å². The second-order valence-electron chi connectivity index (χ2n) is 5.06. The van der Waals surface area contributed by atoms with Crippen LogP contribution < -0.4 is 11.2 Å². The first-order chi connectivity index (χ1) is 6.93. The van der Waals surface area contributed by atoms with Crippen LogP contribution >= 0.6 is 0 Å². The monoisotopic (exact) mass is 207 g/mol. The lowest BCUT2D eigenvalue weighted by Crippen LogP contribution is -2.52. The van der Waals surface area contributed by atoms with Crippen LogP contribution in [-0.4, -0.2) is 11.7 Å². The minimum atomic E-state index is -0.604. The molecule has 0 heterocycles. The quantitative estimate of drug-likeness (QED) is 0.630. The summed E-state index contributed by atoms with van der Waals surface area (Å²) >= 11 is 0. The Labute approximate surface area is 89.6 Å². The Bertz CT molecular complexity index is 368. The summed E-state index contributed by atoms with van der Waals surface area (Å²) in [5.41, 5.74) is 9.89. The van der Waals surface area contributed by atoms with Gasteiger partial charge in [-0.3, -0.25) is 0 Å². The molecule has 3 aliphatic rings. The van der Waals surface area contributed by atoms with Crippen molar-refractivity contribution in [3.05, 3.63) is 11.6 Å². The van der Waals surface area contributed by atoms with Crippen LogP contribution in [-0.2, 0) is 0 Å². The molecule has 2 amide bonds. The van der Waals surface area contributed by atoms with E-state index in [0.717, 1.165) is 12.1 Å². The summed E-state index contributed by atoms with van der Waals surface area (Å²) in [5.74, 6) is 1.13. The van der Waals surface area contributed by atoms with E-state index in [1.54, 1.807) is 0 Å². The number of allylic oxidation sites excluding steroid dienone is 2. The van der Waals surface area contributed by atoms with E-state index in [0.29, 0.717) is 11.8 Å². The summed E-state index contributed by atoms with van der Waals surface area (Å²) in [6.07, 6.45) is 3.22. The molecule has 0 aliphatic heterocycles. The van der Waals surface area contributed by atoms with E-state index in [4.69, 9.17) is 5.73 Å². The summed E-state index contributed by atoms with van der Waals surface area (Å²) in [6.45, 7) is 6.63. The molecule has 0 aromatic heterocycles. The molecule has 3 N–H and O–H groups in total. The van der Waals surface area contributed by atoms with Crippen LogP contribution in [0.5, 0.6) is 0 Å². The maximum Gasteiger partial charge on any atom is 0.332 e. The van der Waals surface area contributed by atoms with E-state index in [1.807, 2.05) is 0 Å². The highest BCUT2D eigenvalue weighted by atomic mass is 16.2. The first-order valence-corrected chi connectivity index (χ1v) is 5.24. The Balaban J connectivity index is 2.25. The summed E-state index contributed by atoms with van der Waals surface area (Å²) in [7, 11) is 0. The number of rotatable bonds is 1. The molecule has 4 nitrogen and oxygen atoms in total. The summed E-state index contributed by atoms with van der Waals surface area (Å²) in [5, 5.41) is 4.06. The van der Waals surface area contributed by atoms with Crippen LogP contribution in [0.25, 0.3) is 0 Å². The zero-order valence-corrected chi connectivity index (χ0v) is 9.37. The molecule has 3 aliphatic carbocycles. The number of amides is 2. The number of carbonyl (C=O) groups is 1. The van der Waals surface area contributed by atoms with Crippen molar-refractivity contribution in [3.63, 3.8) is 0 Å². The molecule has 1 fully saturated rings. The van der Waals surface area contributed by atoms with E-state index in [1.165, 1.54) is 5.57 Å². The number of nitrogens with one attached hydrogen (secondary N) is 1. The Kier molecular flexibility index (Phi) is 2.10. The molecular formula is C11H17N3O. The third-order valence-electron chi connectivity index (χ3n) is 3.85. The predicted octanol–water partition coefficient (Wildman–Crippen LogP) is 1.63. The minimum Gasteiger partial charge on any atom is -0.350 e. The van der Waals surface area contributed by atoms with Crippen molar-refractivity contribution < 1.29 is 4.79 Å². The lowest BCUT2D eigenvalue weighted by atomic mass is 9.48. The Morgan fingerprint density at radius 1 is 1.60 bits per heavy atom. The molecule has 2 atom stereocenters. The van der Waals surface area contributed by atoms with Crippen LogP contribution in [0.3, 0.4) is 0 Å². The molecule has 0 spiro atoms. The number of nitrogens with zero attached hydrogens (tertiary/aromatic N) is 1. The number of nitrogens with two attached hydrogens (primary N) is 1. The number of hydrogen-bond donors (Lipinski definition) is 2. The highest BCUT2D eigenvalue weighted by Gasteiger charge is 2.53. The van der Waals surface area contributed by atoms with Gasteiger partial charge >= 0.3 is 6.03 Å². The van der Waals surface area contributed by atoms with Crippen LogP contribution in [0, 0.1) is 17.3 Å². The van der Waals surface area contributed by atoms with Crippen molar-refractivity contribution in [2.24, 2.45) is 28.1 Å². The summed E-state index contributed by atoms with van der Waals surface area (Å²) < 4.78 is 0. The molecule has 3 rings (SSSR count). The average Bonchev–Trinajstić information content (AvgIpc) is 2.13. The van der Waals surface area contributed by atoms with E-state index in [9.17, 15) is 4.79 Å². The number of hydrazone groups is 1. The highest BCUT2D eigenvalue weighted by Crippen LogP contribution is 2.57. The molecule has 0 saturated heterocycles. The molecule has 15 heavy (non-hydrogen) atoms. The Hall–Kier alpha value is -1.32. The van der Waals surface area contributed by atoms with E-state index in [2.05, 4.69) is 37.4 Å². The van der Waals surface area contributed by atoms with Gasteiger partial charge < -0.3 is 5.73 Å². The van der Waals surface area contributed by atoms with Gasteiger partial charge in [0.1, 0.15) is 0 Å². The minimum absolute atomic E-state index is 0.275. The van der Waals surface area contributed by atoms with Gasteiger partial charge in [-0.25, -0.2) is 10.2 Å². The number of primary amides is 1. The lowest BCUT2D eigenvalue weighted by molar-refractivity contribution is 0.0467. The van der Waals surface area contributed by atoms with Crippen molar-refractivity contribution in [2.45, 2.75) is 27.2 Å². The molecular weight excluding hydrogens is 190 g/mol. The number of fused-ring (bicyclic) bond motifs is 1. The predicted molar refractivity (Wildman–Crippen MR) is 59.3 cm³/mol. The van der Waals surface area contributed by atoms with Crippen LogP contribution in [0.1, 0.15) is 27.2 Å². The van der Waals surface area contributed by atoms with Crippen molar-refractivity contribution in [1.82, 2.24) is 5.43 Å². The molecule has 82 valence electrons. The van der Waals surface area contributed by atoms with Gasteiger partial charge in [0.25, 0.3) is 0 Å². The Morgan fingerprint density at radius 2 is 2.27 bits per heavy atom. The van der Waals surface area contributed by atoms with Gasteiger partial charge in [-0.2, -0.15) is 5.10 Å². The molecule has 2 bridgehead atoms. The van der Waals surface area contributed by atoms with Gasteiger partial charge in [-0.15, -0.1) is 0 Å². The highest BCUT2D eigenvalue weighted by molar-refractivity contribution is 6.01. The van der Waals surface area contributed by atoms with Gasteiger partial charge in [-0.05, 0) is 30.8 Å². The maximum atomic E-state index is 10.6. The number of carbonyl (C=O) groups excluding carboxylic acids is 1. The van der Waals surface area contributed by atoms with E-state index >= 15 is 0 Å². The third-order valence-corrected chi connectivity index (χ3v) is 3.85. The first kappa shape index (κ1) is 10.2. The average molecular weight is 207 g/mol. The molecule has 0 radical (unpaired) electrons. The van der Waals surface area contributed by atoms with Crippen LogP contribution in [0.15, 0.2) is 16.8 Å². The third kappa shape index (κ3) is 1.44. The molecule has 1 saturated carbocycles. The summed E-state index contributed by atoms with van der Waals surface area (Å²) in [4.78, 5) is 10.6. The number of hydrogen-bond acceptors (Lipinski definition) is 2. The Morgan fingerprint density at radius 3 is 2.73 bits per heavy atom. The zero-order valence-electron chi connectivity index (χ0n) is 9.37.